The summed E-state index contributed by atoms with van der Waals surface area (Å²) in [5.41, 5.74) is 8.79. The lowest BCUT2D eigenvalue weighted by molar-refractivity contribution is 0.550. The van der Waals surface area contributed by atoms with Crippen LogP contribution in [-0.2, 0) is 6.42 Å². The second kappa shape index (κ2) is 6.93. The summed E-state index contributed by atoms with van der Waals surface area (Å²) in [6, 6.07) is 7.49. The molecule has 2 rings (SSSR count). The Labute approximate surface area is 129 Å². The third-order valence-corrected chi connectivity index (χ3v) is 3.54. The van der Waals surface area contributed by atoms with Gasteiger partial charge in [-0.2, -0.15) is 0 Å². The summed E-state index contributed by atoms with van der Waals surface area (Å²) < 4.78 is 0. The fraction of sp³-hybridized carbons (Fsp3) is 0.267. The number of nitrogens with two attached hydrogens (primary N) is 1. The van der Waals surface area contributed by atoms with Gasteiger partial charge in [-0.1, -0.05) is 30.1 Å². The highest BCUT2D eigenvalue weighted by atomic mass is 35.5. The van der Waals surface area contributed by atoms with E-state index >= 15 is 0 Å². The Kier molecular flexibility index (Phi) is 5.24. The van der Waals surface area contributed by atoms with E-state index < -0.39 is 0 Å². The Hall–Kier alpha value is -1.29. The van der Waals surface area contributed by atoms with Crippen molar-refractivity contribution < 1.29 is 0 Å². The first-order valence-electron chi connectivity index (χ1n) is 6.48. The molecule has 0 fully saturated rings. The van der Waals surface area contributed by atoms with E-state index in [0.29, 0.717) is 10.0 Å². The quantitative estimate of drug-likeness (QED) is 0.881. The normalized spacial score (nSPS) is 12.3. The Bertz CT molecular complexity index is 567. The molecular formula is C15H17Cl2N3. The number of halogens is 2. The number of pyridine rings is 1. The van der Waals surface area contributed by atoms with Crippen molar-refractivity contribution in [2.75, 3.05) is 12.3 Å². The first-order chi connectivity index (χ1) is 9.60. The van der Waals surface area contributed by atoms with E-state index in [1.807, 2.05) is 18.2 Å². The summed E-state index contributed by atoms with van der Waals surface area (Å²) in [5.74, 6) is 0. The van der Waals surface area contributed by atoms with E-state index in [9.17, 15) is 0 Å². The molecule has 0 aliphatic rings. The van der Waals surface area contributed by atoms with Gasteiger partial charge in [0.25, 0.3) is 0 Å². The number of nitrogens with one attached hydrogen (secondary N) is 1. The number of hydrogen-bond acceptors (Lipinski definition) is 3. The third kappa shape index (κ3) is 3.85. The molecule has 0 saturated carbocycles. The molecule has 1 heterocycles. The molecule has 0 saturated heterocycles. The van der Waals surface area contributed by atoms with Crippen LogP contribution in [0.4, 0.5) is 5.69 Å². The van der Waals surface area contributed by atoms with Gasteiger partial charge in [-0.25, -0.2) is 0 Å². The molecule has 5 heteroatoms. The van der Waals surface area contributed by atoms with E-state index in [-0.39, 0.29) is 6.04 Å². The fourth-order valence-electron chi connectivity index (χ4n) is 2.16. The van der Waals surface area contributed by atoms with Crippen LogP contribution in [0.15, 0.2) is 36.7 Å². The summed E-state index contributed by atoms with van der Waals surface area (Å²) in [6.45, 7) is 2.90. The van der Waals surface area contributed by atoms with Crippen LogP contribution in [0.5, 0.6) is 0 Å². The highest BCUT2D eigenvalue weighted by molar-refractivity contribution is 6.34. The van der Waals surface area contributed by atoms with Crippen LogP contribution in [0, 0.1) is 0 Å². The Morgan fingerprint density at radius 1 is 1.25 bits per heavy atom. The molecule has 3 nitrogen and oxygen atoms in total. The van der Waals surface area contributed by atoms with Crippen molar-refractivity contribution in [2.45, 2.75) is 19.4 Å². The van der Waals surface area contributed by atoms with E-state index in [0.717, 1.165) is 29.8 Å². The second-order valence-corrected chi connectivity index (χ2v) is 5.46. The average molecular weight is 310 g/mol. The van der Waals surface area contributed by atoms with Gasteiger partial charge in [0, 0.05) is 34.2 Å². The zero-order valence-electron chi connectivity index (χ0n) is 11.2. The van der Waals surface area contributed by atoms with Gasteiger partial charge in [0.1, 0.15) is 0 Å². The molecule has 0 bridgehead atoms. The van der Waals surface area contributed by atoms with Crippen LogP contribution >= 0.6 is 23.2 Å². The zero-order valence-corrected chi connectivity index (χ0v) is 12.7. The smallest absolute Gasteiger partial charge is 0.0424 e. The molecule has 0 radical (unpaired) electrons. The number of nitrogen functional groups attached to an aromatic ring is 1. The van der Waals surface area contributed by atoms with Gasteiger partial charge in [0.05, 0.1) is 0 Å². The Morgan fingerprint density at radius 2 is 1.95 bits per heavy atom. The highest BCUT2D eigenvalue weighted by Gasteiger charge is 2.14. The topological polar surface area (TPSA) is 50.9 Å². The third-order valence-electron chi connectivity index (χ3n) is 3.10. The van der Waals surface area contributed by atoms with Crippen molar-refractivity contribution >= 4 is 28.9 Å². The minimum Gasteiger partial charge on any atom is -0.398 e. The standard InChI is InChI=1S/C15H17Cl2N3/c1-2-20-15(7-11-9-19-4-3-14(11)18)10-5-12(16)8-13(17)6-10/h3-6,8-9,15,20H,2,7H2,1H3,(H2,18,19). The van der Waals surface area contributed by atoms with Gasteiger partial charge in [-0.05, 0) is 48.4 Å². The molecule has 0 aliphatic heterocycles. The lowest BCUT2D eigenvalue weighted by Gasteiger charge is -2.19. The fourth-order valence-corrected chi connectivity index (χ4v) is 2.70. The summed E-state index contributed by atoms with van der Waals surface area (Å²) >= 11 is 12.2. The molecule has 2 aromatic rings. The van der Waals surface area contributed by atoms with Crippen LogP contribution in [-0.4, -0.2) is 11.5 Å². The molecule has 0 spiro atoms. The van der Waals surface area contributed by atoms with Crippen molar-refractivity contribution in [3.05, 3.63) is 57.8 Å². The molecule has 0 amide bonds. The molecule has 0 aliphatic carbocycles. The maximum absolute atomic E-state index is 6.08. The molecule has 1 atom stereocenters. The second-order valence-electron chi connectivity index (χ2n) is 4.59. The number of likely N-dealkylation sites (N-methyl/N-ethyl adjacent to an activating group) is 1. The van der Waals surface area contributed by atoms with E-state index in [1.165, 1.54) is 0 Å². The van der Waals surface area contributed by atoms with Gasteiger partial charge in [0.2, 0.25) is 0 Å². The van der Waals surface area contributed by atoms with Crippen LogP contribution in [0.2, 0.25) is 10.0 Å². The van der Waals surface area contributed by atoms with Crippen LogP contribution in [0.1, 0.15) is 24.1 Å². The van der Waals surface area contributed by atoms with Crippen molar-refractivity contribution in [3.63, 3.8) is 0 Å². The van der Waals surface area contributed by atoms with Crippen molar-refractivity contribution in [2.24, 2.45) is 0 Å². The number of anilines is 1. The zero-order chi connectivity index (χ0) is 14.5. The molecule has 1 aromatic carbocycles. The number of hydrogen-bond donors (Lipinski definition) is 2. The van der Waals surface area contributed by atoms with Crippen molar-refractivity contribution in [1.29, 1.82) is 0 Å². The van der Waals surface area contributed by atoms with E-state index in [2.05, 4.69) is 17.2 Å². The van der Waals surface area contributed by atoms with E-state index in [1.54, 1.807) is 18.5 Å². The Morgan fingerprint density at radius 3 is 2.55 bits per heavy atom. The summed E-state index contributed by atoms with van der Waals surface area (Å²) in [5, 5.41) is 4.70. The molecule has 1 aromatic heterocycles. The maximum Gasteiger partial charge on any atom is 0.0424 e. The monoisotopic (exact) mass is 309 g/mol. The SMILES string of the molecule is CCNC(Cc1cnccc1N)c1cc(Cl)cc(Cl)c1. The molecule has 20 heavy (non-hydrogen) atoms. The minimum absolute atomic E-state index is 0.0997. The maximum atomic E-state index is 6.08. The van der Waals surface area contributed by atoms with Crippen molar-refractivity contribution in [1.82, 2.24) is 10.3 Å². The van der Waals surface area contributed by atoms with Gasteiger partial charge < -0.3 is 11.1 Å². The lowest BCUT2D eigenvalue weighted by Crippen LogP contribution is -2.23. The van der Waals surface area contributed by atoms with Gasteiger partial charge in [-0.15, -0.1) is 0 Å². The molecule has 1 unspecified atom stereocenters. The highest BCUT2D eigenvalue weighted by Crippen LogP contribution is 2.26. The molecule has 3 N–H and O–H groups in total. The number of aromatic nitrogens is 1. The van der Waals surface area contributed by atoms with Gasteiger partial charge in [0.15, 0.2) is 0 Å². The first-order valence-corrected chi connectivity index (χ1v) is 7.23. The number of nitrogens with zero attached hydrogens (tertiary/aromatic N) is 1. The minimum atomic E-state index is 0.0997. The summed E-state index contributed by atoms with van der Waals surface area (Å²) in [6.07, 6.45) is 4.23. The number of benzene rings is 1. The van der Waals surface area contributed by atoms with Crippen LogP contribution in [0.25, 0.3) is 0 Å². The van der Waals surface area contributed by atoms with Gasteiger partial charge >= 0.3 is 0 Å². The van der Waals surface area contributed by atoms with Crippen molar-refractivity contribution in [3.8, 4) is 0 Å². The summed E-state index contributed by atoms with van der Waals surface area (Å²) in [7, 11) is 0. The first kappa shape index (κ1) is 15.1. The largest absolute Gasteiger partial charge is 0.398 e. The predicted molar refractivity (Wildman–Crippen MR) is 85.2 cm³/mol. The van der Waals surface area contributed by atoms with E-state index in [4.69, 9.17) is 28.9 Å². The van der Waals surface area contributed by atoms with Crippen LogP contribution in [0.3, 0.4) is 0 Å². The summed E-state index contributed by atoms with van der Waals surface area (Å²) in [4.78, 5) is 4.13. The lowest BCUT2D eigenvalue weighted by atomic mass is 9.99. The Balaban J connectivity index is 2.29. The van der Waals surface area contributed by atoms with Crippen LogP contribution < -0.4 is 11.1 Å². The number of rotatable bonds is 5. The average Bonchev–Trinajstić information content (AvgIpc) is 2.39. The van der Waals surface area contributed by atoms with Gasteiger partial charge in [-0.3, -0.25) is 4.98 Å². The molecular weight excluding hydrogens is 293 g/mol. The predicted octanol–water partition coefficient (Wildman–Crippen LogP) is 3.86. The molecule has 106 valence electrons.